The van der Waals surface area contributed by atoms with Crippen LogP contribution in [0.15, 0.2) is 0 Å². The fourth-order valence-electron chi connectivity index (χ4n) is 11.4. The third-order valence-corrected chi connectivity index (χ3v) is 14.1. The summed E-state index contributed by atoms with van der Waals surface area (Å²) in [6.07, 6.45) is 27.8. The van der Waals surface area contributed by atoms with Crippen LogP contribution in [0.4, 0.5) is 0 Å². The lowest BCUT2D eigenvalue weighted by atomic mass is 9.34. The molecule has 5 aliphatic rings. The standard InChI is InChI=1S/C35H63B/c1-25-14-10-12-18-29(25)33-26(2)15-11-13-19-30(27-16-8-7-9-17-27)31-21-20-28(22-32(31)33)36-23-34(3,4)35(5,6)24-36/h25-33H,7-24H2,1-6H3. The van der Waals surface area contributed by atoms with E-state index in [2.05, 4.69) is 41.5 Å². The van der Waals surface area contributed by atoms with Gasteiger partial charge < -0.3 is 0 Å². The van der Waals surface area contributed by atoms with Gasteiger partial charge in [0.1, 0.15) is 6.71 Å². The summed E-state index contributed by atoms with van der Waals surface area (Å²) in [6.45, 7) is 16.8. The van der Waals surface area contributed by atoms with E-state index in [1.165, 1.54) is 70.4 Å². The molecule has 0 aromatic carbocycles. The Balaban J connectivity index is 1.46. The first kappa shape index (κ1) is 27.6. The zero-order chi connectivity index (χ0) is 25.5. The second-order valence-electron chi connectivity index (χ2n) is 16.7. The highest BCUT2D eigenvalue weighted by molar-refractivity contribution is 6.61. The third-order valence-electron chi connectivity index (χ3n) is 14.1. The van der Waals surface area contributed by atoms with Crippen LogP contribution in [-0.2, 0) is 0 Å². The van der Waals surface area contributed by atoms with Gasteiger partial charge in [0.15, 0.2) is 0 Å². The van der Waals surface area contributed by atoms with Crippen LogP contribution in [0.3, 0.4) is 0 Å². The summed E-state index contributed by atoms with van der Waals surface area (Å²) < 4.78 is 0. The van der Waals surface area contributed by atoms with Gasteiger partial charge >= 0.3 is 0 Å². The van der Waals surface area contributed by atoms with Crippen molar-refractivity contribution in [3.8, 4) is 0 Å². The molecule has 0 spiro atoms. The summed E-state index contributed by atoms with van der Waals surface area (Å²) in [5.41, 5.74) is 1.03. The van der Waals surface area contributed by atoms with Crippen molar-refractivity contribution in [2.24, 2.45) is 58.2 Å². The number of rotatable bonds is 3. The van der Waals surface area contributed by atoms with E-state index in [1.807, 2.05) is 0 Å². The number of hydrogen-bond donors (Lipinski definition) is 0. The highest BCUT2D eigenvalue weighted by Gasteiger charge is 2.53. The first-order chi connectivity index (χ1) is 17.2. The van der Waals surface area contributed by atoms with Gasteiger partial charge in [0, 0.05) is 0 Å². The lowest BCUT2D eigenvalue weighted by molar-refractivity contribution is -0.00482. The summed E-state index contributed by atoms with van der Waals surface area (Å²) in [5, 5.41) is 0. The molecule has 1 heterocycles. The summed E-state index contributed by atoms with van der Waals surface area (Å²) in [7, 11) is 0. The monoisotopic (exact) mass is 495 g/mol. The fourth-order valence-corrected chi connectivity index (χ4v) is 11.4. The Morgan fingerprint density at radius 3 is 1.69 bits per heavy atom. The highest BCUT2D eigenvalue weighted by Crippen LogP contribution is 2.61. The maximum absolute atomic E-state index is 2.73. The largest absolute Gasteiger partial charge is 0.144 e. The topological polar surface area (TPSA) is 0 Å². The van der Waals surface area contributed by atoms with Crippen LogP contribution in [0.25, 0.3) is 0 Å². The van der Waals surface area contributed by atoms with Gasteiger partial charge in [-0.25, -0.2) is 0 Å². The van der Waals surface area contributed by atoms with E-state index in [1.54, 1.807) is 44.9 Å². The molecular formula is C35H63B. The minimum absolute atomic E-state index is 0.516. The van der Waals surface area contributed by atoms with Gasteiger partial charge in [0.2, 0.25) is 0 Å². The fraction of sp³-hybridized carbons (Fsp3) is 1.00. The Bertz CT molecular complexity index is 685. The van der Waals surface area contributed by atoms with Crippen LogP contribution >= 0.6 is 0 Å². The second-order valence-corrected chi connectivity index (χ2v) is 16.7. The molecule has 1 heteroatoms. The average molecular weight is 495 g/mol. The molecule has 0 bridgehead atoms. The SMILES string of the molecule is CC1CCCCC1C1C(C)CCCCC(C2CCCCC2)C2CCC(B3CC(C)(C)C(C)(C)C3)CC21. The lowest BCUT2D eigenvalue weighted by Gasteiger charge is -2.52. The van der Waals surface area contributed by atoms with Crippen molar-refractivity contribution in [2.75, 3.05) is 0 Å². The van der Waals surface area contributed by atoms with E-state index in [-0.39, 0.29) is 0 Å². The Kier molecular flexibility index (Phi) is 8.65. The lowest BCUT2D eigenvalue weighted by Crippen LogP contribution is -2.44. The average Bonchev–Trinajstić information content (AvgIpc) is 3.11. The summed E-state index contributed by atoms with van der Waals surface area (Å²) >= 11 is 0. The molecule has 0 nitrogen and oxygen atoms in total. The predicted molar refractivity (Wildman–Crippen MR) is 160 cm³/mol. The molecule has 8 unspecified atom stereocenters. The van der Waals surface area contributed by atoms with Crippen LogP contribution in [0.1, 0.15) is 144 Å². The molecule has 0 aromatic rings. The molecule has 0 N–H and O–H groups in total. The molecule has 5 fully saturated rings. The van der Waals surface area contributed by atoms with Crippen LogP contribution in [0, 0.1) is 58.2 Å². The van der Waals surface area contributed by atoms with Crippen molar-refractivity contribution in [1.82, 2.24) is 0 Å². The Labute approximate surface area is 227 Å². The van der Waals surface area contributed by atoms with Crippen LogP contribution in [-0.4, -0.2) is 6.71 Å². The molecule has 0 amide bonds. The van der Waals surface area contributed by atoms with Gasteiger partial charge in [-0.15, -0.1) is 0 Å². The highest BCUT2D eigenvalue weighted by atomic mass is 14.5. The summed E-state index contributed by atoms with van der Waals surface area (Å²) in [6, 6.07) is 0. The van der Waals surface area contributed by atoms with E-state index in [0.717, 1.165) is 59.9 Å². The molecule has 4 aliphatic carbocycles. The van der Waals surface area contributed by atoms with E-state index in [9.17, 15) is 0 Å². The van der Waals surface area contributed by atoms with Crippen LogP contribution in [0.2, 0.25) is 18.5 Å². The number of fused-ring (bicyclic) bond motifs is 1. The maximum atomic E-state index is 2.73. The van der Waals surface area contributed by atoms with Crippen LogP contribution < -0.4 is 0 Å². The second kappa shape index (κ2) is 11.3. The Morgan fingerprint density at radius 2 is 1.06 bits per heavy atom. The van der Waals surface area contributed by atoms with E-state index >= 15 is 0 Å². The summed E-state index contributed by atoms with van der Waals surface area (Å²) in [5.74, 6) is 9.26. The van der Waals surface area contributed by atoms with Crippen molar-refractivity contribution in [3.05, 3.63) is 0 Å². The van der Waals surface area contributed by atoms with Gasteiger partial charge in [-0.1, -0.05) is 150 Å². The van der Waals surface area contributed by atoms with Gasteiger partial charge in [0.25, 0.3) is 0 Å². The van der Waals surface area contributed by atoms with Crippen molar-refractivity contribution in [2.45, 2.75) is 163 Å². The quantitative estimate of drug-likeness (QED) is 0.342. The van der Waals surface area contributed by atoms with Crippen molar-refractivity contribution in [1.29, 1.82) is 0 Å². The Hall–Kier alpha value is 0.0649. The normalized spacial score (nSPS) is 44.3. The molecule has 0 radical (unpaired) electrons. The predicted octanol–water partition coefficient (Wildman–Crippen LogP) is 11.2. The van der Waals surface area contributed by atoms with E-state index in [0.29, 0.717) is 10.8 Å². The minimum Gasteiger partial charge on any atom is -0.0682 e. The molecule has 5 rings (SSSR count). The van der Waals surface area contributed by atoms with Gasteiger partial charge in [-0.2, -0.15) is 0 Å². The third kappa shape index (κ3) is 5.53. The van der Waals surface area contributed by atoms with Gasteiger partial charge in [0.05, 0.1) is 0 Å². The first-order valence-electron chi connectivity index (χ1n) is 17.2. The smallest absolute Gasteiger partial charge is 0.0682 e. The Morgan fingerprint density at radius 1 is 0.500 bits per heavy atom. The molecule has 0 aromatic heterocycles. The van der Waals surface area contributed by atoms with Crippen molar-refractivity contribution in [3.63, 3.8) is 0 Å². The van der Waals surface area contributed by atoms with E-state index < -0.39 is 0 Å². The van der Waals surface area contributed by atoms with Crippen molar-refractivity contribution >= 4 is 6.71 Å². The summed E-state index contributed by atoms with van der Waals surface area (Å²) in [4.78, 5) is 0. The first-order valence-corrected chi connectivity index (χ1v) is 17.2. The van der Waals surface area contributed by atoms with Gasteiger partial charge in [-0.3, -0.25) is 0 Å². The molecule has 36 heavy (non-hydrogen) atoms. The molecule has 206 valence electrons. The molecule has 1 saturated heterocycles. The minimum atomic E-state index is 0.516. The maximum Gasteiger partial charge on any atom is 0.144 e. The van der Waals surface area contributed by atoms with Gasteiger partial charge in [-0.05, 0) is 71.0 Å². The number of hydrogen-bond acceptors (Lipinski definition) is 0. The molecule has 4 saturated carbocycles. The van der Waals surface area contributed by atoms with E-state index in [4.69, 9.17) is 0 Å². The zero-order valence-corrected chi connectivity index (χ0v) is 25.5. The van der Waals surface area contributed by atoms with Crippen molar-refractivity contribution < 1.29 is 0 Å². The molecule has 8 atom stereocenters. The molecule has 1 aliphatic heterocycles. The van der Waals surface area contributed by atoms with Crippen LogP contribution in [0.5, 0.6) is 0 Å². The molecular weight excluding hydrogens is 431 g/mol. The zero-order valence-electron chi connectivity index (χ0n) is 25.5.